The lowest BCUT2D eigenvalue weighted by molar-refractivity contribution is 0.515. The smallest absolute Gasteiger partial charge is 0.00979 e. The summed E-state index contributed by atoms with van der Waals surface area (Å²) in [5.41, 5.74) is 0. The summed E-state index contributed by atoms with van der Waals surface area (Å²) in [5, 5.41) is 0. The Morgan fingerprint density at radius 2 is 0.258 bits per heavy atom. The molecule has 0 aromatic carbocycles. The molecule has 0 unspecified atom stereocenters. The maximum absolute atomic E-state index is 4.28. The van der Waals surface area contributed by atoms with Crippen LogP contribution in [0, 0.1) is 0 Å². The molecule has 2 heteroatoms. The van der Waals surface area contributed by atoms with Gasteiger partial charge in [-0.25, -0.2) is 0 Å². The van der Waals surface area contributed by atoms with E-state index in [-0.39, 0.29) is 0 Å². The predicted octanol–water partition coefficient (Wildman–Crippen LogP) is 11.4. The summed E-state index contributed by atoms with van der Waals surface area (Å²) in [4.78, 5) is 0. The lowest BCUT2D eigenvalue weighted by Gasteiger charge is -2.04. The summed E-state index contributed by atoms with van der Waals surface area (Å²) in [7, 11) is 0. The number of rotatable bonds is 28. The molecule has 0 N–H and O–H groups in total. The van der Waals surface area contributed by atoms with Crippen LogP contribution in [0.3, 0.4) is 0 Å². The number of hydrogen-bond acceptors (Lipinski definition) is 2. The molecule has 0 saturated carbocycles. The first-order chi connectivity index (χ1) is 15.4. The number of thiol groups is 2. The molecule has 0 amide bonds. The molecule has 188 valence electrons. The third kappa shape index (κ3) is 30.7. The van der Waals surface area contributed by atoms with Crippen molar-refractivity contribution >= 4 is 25.3 Å². The quantitative estimate of drug-likeness (QED) is 0.0820. The molecule has 0 aliphatic heterocycles. The van der Waals surface area contributed by atoms with Gasteiger partial charge in [-0.1, -0.05) is 161 Å². The standard InChI is InChI=1S/C29H60S2/c30-28-26-24-22-20-18-16-14-12-10-8-6-4-2-1-3-5-7-9-11-13-15-17-19-21-23-25-27-29-31/h30-31H,1-29H2. The fraction of sp³-hybridized carbons (Fsp3) is 1.00. The van der Waals surface area contributed by atoms with Gasteiger partial charge >= 0.3 is 0 Å². The van der Waals surface area contributed by atoms with Crippen molar-refractivity contribution in [1.82, 2.24) is 0 Å². The van der Waals surface area contributed by atoms with Gasteiger partial charge in [0.25, 0.3) is 0 Å². The SMILES string of the molecule is SCCCCCCCCCCCCCCCCCCCCCCCCCCCCCS. The highest BCUT2D eigenvalue weighted by molar-refractivity contribution is 7.80. The van der Waals surface area contributed by atoms with Gasteiger partial charge in [0, 0.05) is 0 Å². The molecule has 0 heterocycles. The van der Waals surface area contributed by atoms with E-state index in [0.29, 0.717) is 0 Å². The third-order valence-electron chi connectivity index (χ3n) is 6.82. The molecule has 0 aliphatic carbocycles. The van der Waals surface area contributed by atoms with Gasteiger partial charge in [0.1, 0.15) is 0 Å². The van der Waals surface area contributed by atoms with Gasteiger partial charge in [-0.2, -0.15) is 25.3 Å². The van der Waals surface area contributed by atoms with Crippen molar-refractivity contribution in [3.05, 3.63) is 0 Å². The first-order valence-corrected chi connectivity index (χ1v) is 15.9. The van der Waals surface area contributed by atoms with Crippen molar-refractivity contribution in [2.45, 2.75) is 173 Å². The van der Waals surface area contributed by atoms with Crippen LogP contribution < -0.4 is 0 Å². The molecule has 0 fully saturated rings. The second-order valence-corrected chi connectivity index (χ2v) is 10.9. The monoisotopic (exact) mass is 472 g/mol. The minimum absolute atomic E-state index is 1.07. The number of hydrogen-bond donors (Lipinski definition) is 2. The fourth-order valence-corrected chi connectivity index (χ4v) is 5.09. The Labute approximate surface area is 209 Å². The van der Waals surface area contributed by atoms with Gasteiger partial charge in [0.2, 0.25) is 0 Å². The molecule has 31 heavy (non-hydrogen) atoms. The van der Waals surface area contributed by atoms with Crippen LogP contribution in [0.15, 0.2) is 0 Å². The fourth-order valence-electron chi connectivity index (χ4n) is 4.64. The van der Waals surface area contributed by atoms with Crippen LogP contribution in [-0.4, -0.2) is 11.5 Å². The zero-order valence-electron chi connectivity index (χ0n) is 21.4. The van der Waals surface area contributed by atoms with E-state index in [1.54, 1.807) is 0 Å². The number of unbranched alkanes of at least 4 members (excludes halogenated alkanes) is 26. The molecule has 0 aromatic rings. The van der Waals surface area contributed by atoms with Gasteiger partial charge in [-0.05, 0) is 24.3 Å². The van der Waals surface area contributed by atoms with E-state index in [1.807, 2.05) is 0 Å². The summed E-state index contributed by atoms with van der Waals surface area (Å²) >= 11 is 8.55. The average Bonchev–Trinajstić information content (AvgIpc) is 2.78. The second kappa shape index (κ2) is 30.7. The lowest BCUT2D eigenvalue weighted by Crippen LogP contribution is -1.85. The Hall–Kier alpha value is 0.700. The predicted molar refractivity (Wildman–Crippen MR) is 152 cm³/mol. The summed E-state index contributed by atoms with van der Waals surface area (Å²) in [6.45, 7) is 0. The zero-order valence-corrected chi connectivity index (χ0v) is 23.2. The van der Waals surface area contributed by atoms with E-state index in [2.05, 4.69) is 25.3 Å². The van der Waals surface area contributed by atoms with E-state index in [9.17, 15) is 0 Å². The minimum Gasteiger partial charge on any atom is -0.179 e. The highest BCUT2D eigenvalue weighted by Gasteiger charge is 1.96. The Morgan fingerprint density at radius 1 is 0.161 bits per heavy atom. The molecule has 0 spiro atoms. The molecule has 0 radical (unpaired) electrons. The summed E-state index contributed by atoms with van der Waals surface area (Å²) in [6.07, 6.45) is 39.3. The van der Waals surface area contributed by atoms with E-state index in [4.69, 9.17) is 0 Å². The van der Waals surface area contributed by atoms with Crippen molar-refractivity contribution < 1.29 is 0 Å². The molecule has 0 bridgehead atoms. The van der Waals surface area contributed by atoms with Crippen LogP contribution in [0.25, 0.3) is 0 Å². The zero-order chi connectivity index (χ0) is 22.5. The maximum atomic E-state index is 4.28. The van der Waals surface area contributed by atoms with Gasteiger partial charge in [0.15, 0.2) is 0 Å². The average molecular weight is 473 g/mol. The second-order valence-electron chi connectivity index (χ2n) is 9.99. The molecule has 0 aliphatic rings. The first kappa shape index (κ1) is 31.7. The molecular weight excluding hydrogens is 412 g/mol. The van der Waals surface area contributed by atoms with Crippen molar-refractivity contribution in [2.75, 3.05) is 11.5 Å². The molecule has 0 aromatic heterocycles. The van der Waals surface area contributed by atoms with E-state index in [0.717, 1.165) is 11.5 Å². The molecule has 0 rings (SSSR count). The van der Waals surface area contributed by atoms with Gasteiger partial charge in [-0.15, -0.1) is 0 Å². The molecular formula is C29H60S2. The normalized spacial score (nSPS) is 11.4. The van der Waals surface area contributed by atoms with Crippen LogP contribution in [0.4, 0.5) is 0 Å². The van der Waals surface area contributed by atoms with Crippen LogP contribution in [0.5, 0.6) is 0 Å². The Kier molecular flexibility index (Phi) is 31.4. The van der Waals surface area contributed by atoms with Gasteiger partial charge in [-0.3, -0.25) is 0 Å². The Balaban J connectivity index is 2.98. The first-order valence-electron chi connectivity index (χ1n) is 14.6. The summed E-state index contributed by atoms with van der Waals surface area (Å²) in [6, 6.07) is 0. The largest absolute Gasteiger partial charge is 0.179 e. The van der Waals surface area contributed by atoms with Crippen molar-refractivity contribution in [3.8, 4) is 0 Å². The third-order valence-corrected chi connectivity index (χ3v) is 7.45. The van der Waals surface area contributed by atoms with Crippen LogP contribution in [-0.2, 0) is 0 Å². The van der Waals surface area contributed by atoms with E-state index >= 15 is 0 Å². The van der Waals surface area contributed by atoms with Crippen molar-refractivity contribution in [3.63, 3.8) is 0 Å². The Bertz CT molecular complexity index is 264. The summed E-state index contributed by atoms with van der Waals surface area (Å²) < 4.78 is 0. The highest BCUT2D eigenvalue weighted by atomic mass is 32.1. The van der Waals surface area contributed by atoms with Crippen molar-refractivity contribution in [1.29, 1.82) is 0 Å². The minimum atomic E-state index is 1.07. The Morgan fingerprint density at radius 3 is 0.355 bits per heavy atom. The lowest BCUT2D eigenvalue weighted by atomic mass is 10.0. The van der Waals surface area contributed by atoms with Crippen LogP contribution >= 0.6 is 25.3 Å². The highest BCUT2D eigenvalue weighted by Crippen LogP contribution is 2.16. The van der Waals surface area contributed by atoms with Crippen molar-refractivity contribution in [2.24, 2.45) is 0 Å². The van der Waals surface area contributed by atoms with Gasteiger partial charge < -0.3 is 0 Å². The van der Waals surface area contributed by atoms with Crippen LogP contribution in [0.2, 0.25) is 0 Å². The molecule has 0 nitrogen and oxygen atoms in total. The molecule has 0 atom stereocenters. The maximum Gasteiger partial charge on any atom is -0.00979 e. The van der Waals surface area contributed by atoms with Crippen LogP contribution in [0.1, 0.15) is 173 Å². The molecule has 0 saturated heterocycles. The summed E-state index contributed by atoms with van der Waals surface area (Å²) in [5.74, 6) is 2.14. The topological polar surface area (TPSA) is 0 Å². The van der Waals surface area contributed by atoms with Gasteiger partial charge in [0.05, 0.1) is 0 Å². The van der Waals surface area contributed by atoms with E-state index in [1.165, 1.54) is 173 Å². The van der Waals surface area contributed by atoms with E-state index < -0.39 is 0 Å².